The largest absolute Gasteiger partial charge is 0.376 e. The number of halogens is 3. The maximum atomic E-state index is 13.4. The number of nitrogens with zero attached hydrogens (tertiary/aromatic N) is 2. The van der Waals surface area contributed by atoms with Crippen molar-refractivity contribution >= 4 is 45.6 Å². The van der Waals surface area contributed by atoms with Gasteiger partial charge in [-0.15, -0.1) is 0 Å². The highest BCUT2D eigenvalue weighted by Crippen LogP contribution is 2.35. The van der Waals surface area contributed by atoms with E-state index in [1.807, 2.05) is 18.3 Å². The Bertz CT molecular complexity index is 899. The number of nitrogens with one attached hydrogen (secondary N) is 1. The first-order valence-corrected chi connectivity index (χ1v) is 8.84. The Morgan fingerprint density at radius 3 is 2.80 bits per heavy atom. The van der Waals surface area contributed by atoms with Gasteiger partial charge in [0.25, 0.3) is 0 Å². The summed E-state index contributed by atoms with van der Waals surface area (Å²) < 4.78 is 21.2. The van der Waals surface area contributed by atoms with Crippen LogP contribution in [0.4, 0.5) is 15.9 Å². The van der Waals surface area contributed by atoms with Crippen LogP contribution in [0.3, 0.4) is 0 Å². The number of rotatable bonds is 4. The van der Waals surface area contributed by atoms with Crippen molar-refractivity contribution in [2.24, 2.45) is 0 Å². The minimum atomic E-state index is -0.477. The summed E-state index contributed by atoms with van der Waals surface area (Å²) in [4.78, 5) is 4.39. The van der Waals surface area contributed by atoms with Gasteiger partial charge in [0.15, 0.2) is 0 Å². The van der Waals surface area contributed by atoms with Gasteiger partial charge in [-0.1, -0.05) is 23.2 Å². The van der Waals surface area contributed by atoms with E-state index < -0.39 is 5.82 Å². The second-order valence-electron chi connectivity index (χ2n) is 6.06. The van der Waals surface area contributed by atoms with Crippen molar-refractivity contribution in [3.63, 3.8) is 0 Å². The lowest BCUT2D eigenvalue weighted by Crippen LogP contribution is -2.14. The van der Waals surface area contributed by atoms with E-state index in [0.717, 1.165) is 36.9 Å². The van der Waals surface area contributed by atoms with Crippen LogP contribution < -0.4 is 5.32 Å². The highest BCUT2D eigenvalue weighted by atomic mass is 35.5. The summed E-state index contributed by atoms with van der Waals surface area (Å²) in [5.74, 6) is 0.147. The first-order chi connectivity index (χ1) is 12.1. The van der Waals surface area contributed by atoms with E-state index >= 15 is 0 Å². The lowest BCUT2D eigenvalue weighted by atomic mass is 10.2. The molecule has 0 spiro atoms. The number of ether oxygens (including phenoxy) is 1. The molecule has 4 nitrogen and oxygen atoms in total. The molecule has 0 bridgehead atoms. The van der Waals surface area contributed by atoms with Crippen molar-refractivity contribution in [3.05, 3.63) is 52.5 Å². The van der Waals surface area contributed by atoms with Crippen molar-refractivity contribution in [1.29, 1.82) is 0 Å². The number of hydrogen-bond donors (Lipinski definition) is 1. The van der Waals surface area contributed by atoms with Crippen LogP contribution >= 0.6 is 23.2 Å². The van der Waals surface area contributed by atoms with Crippen molar-refractivity contribution < 1.29 is 9.13 Å². The van der Waals surface area contributed by atoms with E-state index in [9.17, 15) is 4.39 Å². The molecule has 1 aliphatic heterocycles. The molecule has 1 atom stereocenters. The predicted molar refractivity (Wildman–Crippen MR) is 98.4 cm³/mol. The molecular formula is C18H16Cl2FN3O. The van der Waals surface area contributed by atoms with Gasteiger partial charge in [0, 0.05) is 30.9 Å². The Balaban J connectivity index is 1.68. The lowest BCUT2D eigenvalue weighted by Gasteiger charge is -2.13. The van der Waals surface area contributed by atoms with Crippen LogP contribution in [0.1, 0.15) is 12.8 Å². The zero-order valence-corrected chi connectivity index (χ0v) is 14.8. The van der Waals surface area contributed by atoms with Crippen molar-refractivity contribution in [2.45, 2.75) is 25.5 Å². The van der Waals surface area contributed by atoms with Crippen LogP contribution in [0.25, 0.3) is 10.9 Å². The number of pyridine rings is 1. The molecule has 2 aromatic heterocycles. The molecule has 1 aromatic carbocycles. The molecule has 0 amide bonds. The van der Waals surface area contributed by atoms with Crippen molar-refractivity contribution in [2.75, 3.05) is 11.9 Å². The van der Waals surface area contributed by atoms with Crippen LogP contribution in [-0.4, -0.2) is 22.3 Å². The van der Waals surface area contributed by atoms with Gasteiger partial charge in [-0.05, 0) is 37.1 Å². The Kier molecular flexibility index (Phi) is 4.54. The first-order valence-electron chi connectivity index (χ1n) is 8.09. The van der Waals surface area contributed by atoms with Gasteiger partial charge in [0.05, 0.1) is 27.4 Å². The molecule has 1 saturated heterocycles. The number of hydrogen-bond acceptors (Lipinski definition) is 3. The minimum absolute atomic E-state index is 0.211. The molecule has 130 valence electrons. The fraction of sp³-hybridized carbons (Fsp3) is 0.278. The van der Waals surface area contributed by atoms with Crippen LogP contribution in [0.5, 0.6) is 0 Å². The molecule has 0 radical (unpaired) electrons. The summed E-state index contributed by atoms with van der Waals surface area (Å²) in [6.45, 7) is 1.64. The molecule has 1 unspecified atom stereocenters. The van der Waals surface area contributed by atoms with Crippen LogP contribution in [0.2, 0.25) is 10.0 Å². The van der Waals surface area contributed by atoms with Crippen LogP contribution in [-0.2, 0) is 11.3 Å². The molecule has 1 N–H and O–H groups in total. The van der Waals surface area contributed by atoms with E-state index in [1.54, 1.807) is 6.20 Å². The van der Waals surface area contributed by atoms with Gasteiger partial charge < -0.3 is 14.6 Å². The first kappa shape index (κ1) is 16.6. The summed E-state index contributed by atoms with van der Waals surface area (Å²) in [6, 6.07) is 6.39. The van der Waals surface area contributed by atoms with Gasteiger partial charge in [-0.2, -0.15) is 0 Å². The topological polar surface area (TPSA) is 39.1 Å². The minimum Gasteiger partial charge on any atom is -0.376 e. The summed E-state index contributed by atoms with van der Waals surface area (Å²) in [5.41, 5.74) is 1.49. The molecule has 1 fully saturated rings. The van der Waals surface area contributed by atoms with Crippen LogP contribution in [0.15, 0.2) is 36.7 Å². The van der Waals surface area contributed by atoms with Gasteiger partial charge in [0.1, 0.15) is 11.6 Å². The monoisotopic (exact) mass is 379 g/mol. The third-order valence-corrected chi connectivity index (χ3v) is 4.97. The summed E-state index contributed by atoms with van der Waals surface area (Å²) in [5, 5.41) is 4.49. The summed E-state index contributed by atoms with van der Waals surface area (Å²) in [6.07, 6.45) is 6.19. The van der Waals surface area contributed by atoms with Gasteiger partial charge in [-0.3, -0.25) is 0 Å². The van der Waals surface area contributed by atoms with E-state index in [4.69, 9.17) is 27.9 Å². The van der Waals surface area contributed by atoms with Gasteiger partial charge in [0.2, 0.25) is 0 Å². The molecular weight excluding hydrogens is 364 g/mol. The molecule has 3 heterocycles. The number of benzene rings is 1. The fourth-order valence-electron chi connectivity index (χ4n) is 3.17. The second kappa shape index (κ2) is 6.83. The molecule has 4 rings (SSSR count). The Labute approximate surface area is 154 Å². The van der Waals surface area contributed by atoms with E-state index in [1.165, 1.54) is 12.1 Å². The highest BCUT2D eigenvalue weighted by Gasteiger charge is 2.18. The van der Waals surface area contributed by atoms with Crippen molar-refractivity contribution in [3.8, 4) is 0 Å². The summed E-state index contributed by atoms with van der Waals surface area (Å²) in [7, 11) is 0. The number of fused-ring (bicyclic) bond motifs is 1. The highest BCUT2D eigenvalue weighted by molar-refractivity contribution is 6.39. The number of aromatic nitrogens is 2. The normalized spacial score (nSPS) is 17.3. The van der Waals surface area contributed by atoms with Gasteiger partial charge in [-0.25, -0.2) is 9.37 Å². The standard InChI is InChI=1S/C18H16Cl2FN3O/c19-14-8-11(21)9-15(20)17(14)23-18-13-4-6-24(16(13)3-5-22-18)10-12-2-1-7-25-12/h3-6,8-9,12H,1-2,7,10H2,(H,22,23). The maximum Gasteiger partial charge on any atom is 0.139 e. The summed E-state index contributed by atoms with van der Waals surface area (Å²) >= 11 is 12.2. The zero-order chi connectivity index (χ0) is 17.4. The van der Waals surface area contributed by atoms with Gasteiger partial charge >= 0.3 is 0 Å². The average molecular weight is 380 g/mol. The second-order valence-corrected chi connectivity index (χ2v) is 6.88. The van der Waals surface area contributed by atoms with E-state index in [-0.39, 0.29) is 16.1 Å². The van der Waals surface area contributed by atoms with E-state index in [2.05, 4.69) is 14.9 Å². The Morgan fingerprint density at radius 1 is 1.28 bits per heavy atom. The Morgan fingerprint density at radius 2 is 2.08 bits per heavy atom. The maximum absolute atomic E-state index is 13.4. The molecule has 1 aliphatic rings. The molecule has 0 saturated carbocycles. The predicted octanol–water partition coefficient (Wildman–Crippen LogP) is 5.40. The SMILES string of the molecule is Fc1cc(Cl)c(Nc2nccc3c2ccn3CC2CCCO2)c(Cl)c1. The molecule has 7 heteroatoms. The van der Waals surface area contributed by atoms with Crippen LogP contribution in [0, 0.1) is 5.82 Å². The van der Waals surface area contributed by atoms with E-state index in [0.29, 0.717) is 11.5 Å². The number of anilines is 2. The fourth-order valence-corrected chi connectivity index (χ4v) is 3.72. The Hall–Kier alpha value is -1.82. The molecule has 0 aliphatic carbocycles. The van der Waals surface area contributed by atoms with Crippen molar-refractivity contribution in [1.82, 2.24) is 9.55 Å². The third-order valence-electron chi connectivity index (χ3n) is 4.37. The average Bonchev–Trinajstić information content (AvgIpc) is 3.22. The molecule has 3 aromatic rings. The lowest BCUT2D eigenvalue weighted by molar-refractivity contribution is 0.0980. The smallest absolute Gasteiger partial charge is 0.139 e. The quantitative estimate of drug-likeness (QED) is 0.658. The zero-order valence-electron chi connectivity index (χ0n) is 13.3. The third kappa shape index (κ3) is 3.32. The molecule has 25 heavy (non-hydrogen) atoms.